The van der Waals surface area contributed by atoms with Gasteiger partial charge in [-0.2, -0.15) is 0 Å². The van der Waals surface area contributed by atoms with Crippen molar-refractivity contribution in [1.29, 1.82) is 0 Å². The van der Waals surface area contributed by atoms with E-state index >= 15 is 0 Å². The first-order chi connectivity index (χ1) is 4.43. The molecule has 0 aliphatic heterocycles. The van der Waals surface area contributed by atoms with Gasteiger partial charge in [-0.15, -0.1) is 0 Å². The van der Waals surface area contributed by atoms with Gasteiger partial charge in [0.05, 0.1) is 0 Å². The van der Waals surface area contributed by atoms with E-state index in [1.165, 1.54) is 0 Å². The van der Waals surface area contributed by atoms with E-state index in [-0.39, 0.29) is 0 Å². The van der Waals surface area contributed by atoms with Crippen molar-refractivity contribution in [1.82, 2.24) is 0 Å². The second-order valence-corrected chi connectivity index (χ2v) is 1.94. The number of benzene rings is 1. The molecule has 0 heterocycles. The molecule has 0 aromatic heterocycles. The van der Waals surface area contributed by atoms with E-state index < -0.39 is 0 Å². The molecule has 0 saturated heterocycles. The normalized spacial score (nSPS) is 10.2. The van der Waals surface area contributed by atoms with Gasteiger partial charge in [0.15, 0.2) is 0 Å². The van der Waals surface area contributed by atoms with Crippen molar-refractivity contribution in [3.63, 3.8) is 0 Å². The molecule has 0 spiro atoms. The molecule has 1 aromatic carbocycles. The predicted octanol–water partition coefficient (Wildman–Crippen LogP) is 1.37. The molecule has 1 nitrogen and oxygen atoms in total. The molecule has 0 atom stereocenters. The van der Waals surface area contributed by atoms with E-state index in [2.05, 4.69) is 27.6 Å². The van der Waals surface area contributed by atoms with Crippen LogP contribution in [0.15, 0.2) is 28.1 Å². The zero-order valence-corrected chi connectivity index (χ0v) is 6.18. The average molecular weight is 154 g/mol. The molecule has 0 aliphatic carbocycles. The second kappa shape index (κ2) is 3.49. The predicted molar refractivity (Wildman–Crippen MR) is 32.9 cm³/mol. The monoisotopic (exact) mass is 154 g/mol. The fraction of sp³-hybridized carbons (Fsp3) is 0. The molecule has 43 valence electrons. The maximum atomic E-state index is 3.80. The van der Waals surface area contributed by atoms with Crippen molar-refractivity contribution in [2.45, 2.75) is 0 Å². The van der Waals surface area contributed by atoms with Gasteiger partial charge >= 0.3 is 63.6 Å². The zero-order valence-electron chi connectivity index (χ0n) is 4.78. The van der Waals surface area contributed by atoms with Crippen LogP contribution in [0.5, 0.6) is 0 Å². The molecule has 0 saturated carbocycles. The molecule has 0 amide bonds. The number of hydrogen-bond acceptors (Lipinski definition) is 1. The first kappa shape index (κ1) is 6.59. The summed E-state index contributed by atoms with van der Waals surface area (Å²) in [4.78, 5) is 0. The maximum absolute atomic E-state index is 3.80. The van der Waals surface area contributed by atoms with E-state index in [1.54, 1.807) is 6.21 Å². The van der Waals surface area contributed by atoms with Gasteiger partial charge in [0.1, 0.15) is 0 Å². The third-order valence-corrected chi connectivity index (χ3v) is 1.13. The topological polar surface area (TPSA) is 12.4 Å². The van der Waals surface area contributed by atoms with Crippen LogP contribution in [0.25, 0.3) is 0 Å². The Labute approximate surface area is 64.0 Å². The number of hydrogen-bond donors (Lipinski definition) is 0. The van der Waals surface area contributed by atoms with Crippen LogP contribution in [0.2, 0.25) is 0 Å². The van der Waals surface area contributed by atoms with Crippen LogP contribution >= 0.6 is 0 Å². The molecular formula is C7H5NV. The van der Waals surface area contributed by atoms with Crippen molar-refractivity contribution in [2.24, 2.45) is 3.84 Å². The van der Waals surface area contributed by atoms with Crippen molar-refractivity contribution >= 4 is 6.21 Å². The molecule has 0 bridgehead atoms. The van der Waals surface area contributed by atoms with Crippen LogP contribution in [0, 0.1) is 6.07 Å². The minimum absolute atomic E-state index is 1.11. The van der Waals surface area contributed by atoms with Crippen molar-refractivity contribution < 1.29 is 17.7 Å². The first-order valence-corrected chi connectivity index (χ1v) is 3.19. The Morgan fingerprint density at radius 2 is 2.11 bits per heavy atom. The summed E-state index contributed by atoms with van der Waals surface area (Å²) in [6, 6.07) is 10.6. The third-order valence-electron chi connectivity index (χ3n) is 0.951. The molecule has 0 fully saturated rings. The van der Waals surface area contributed by atoms with Crippen LogP contribution in [0.4, 0.5) is 0 Å². The van der Waals surface area contributed by atoms with Gasteiger partial charge in [-0.05, 0) is 0 Å². The van der Waals surface area contributed by atoms with Crippen LogP contribution in [0.3, 0.4) is 0 Å². The standard InChI is InChI=1S/C7H5N.V/c8-6-7-4-2-1-3-5-7;/h2-6H;/q-1;+1. The summed E-state index contributed by atoms with van der Waals surface area (Å²) in [5, 5.41) is 0. The fourth-order valence-electron chi connectivity index (χ4n) is 0.553. The van der Waals surface area contributed by atoms with Gasteiger partial charge in [-0.1, -0.05) is 0 Å². The Bertz CT molecular complexity index is 193. The summed E-state index contributed by atoms with van der Waals surface area (Å²) >= 11 is 2.16. The third kappa shape index (κ3) is 2.04. The molecular weight excluding hydrogens is 149 g/mol. The van der Waals surface area contributed by atoms with Crippen LogP contribution in [0.1, 0.15) is 5.56 Å². The van der Waals surface area contributed by atoms with Gasteiger partial charge < -0.3 is 0 Å². The molecule has 1 rings (SSSR count). The van der Waals surface area contributed by atoms with Gasteiger partial charge in [-0.3, -0.25) is 0 Å². The molecule has 0 unspecified atom stereocenters. The van der Waals surface area contributed by atoms with E-state index in [1.807, 2.05) is 24.3 Å². The van der Waals surface area contributed by atoms with E-state index in [0.717, 1.165) is 5.56 Å². The van der Waals surface area contributed by atoms with Crippen LogP contribution in [-0.2, 0) is 17.7 Å². The summed E-state index contributed by atoms with van der Waals surface area (Å²) in [6.45, 7) is 0. The van der Waals surface area contributed by atoms with E-state index in [9.17, 15) is 0 Å². The van der Waals surface area contributed by atoms with Gasteiger partial charge in [-0.25, -0.2) is 0 Å². The van der Waals surface area contributed by atoms with E-state index in [4.69, 9.17) is 0 Å². The minimum atomic E-state index is 1.11. The van der Waals surface area contributed by atoms with Crippen molar-refractivity contribution in [2.75, 3.05) is 0 Å². The number of nitrogens with zero attached hydrogens (tertiary/aromatic N) is 1. The SMILES string of the molecule is [V][N]=Cc1cc[c]cc1. The molecule has 1 aromatic rings. The zero-order chi connectivity index (χ0) is 6.53. The van der Waals surface area contributed by atoms with Gasteiger partial charge in [0.25, 0.3) is 0 Å². The molecule has 2 heteroatoms. The first-order valence-electron chi connectivity index (χ1n) is 2.57. The summed E-state index contributed by atoms with van der Waals surface area (Å²) in [6.07, 6.45) is 1.79. The summed E-state index contributed by atoms with van der Waals surface area (Å²) in [5.41, 5.74) is 1.11. The molecule has 0 aliphatic rings. The summed E-state index contributed by atoms with van der Waals surface area (Å²) in [5.74, 6) is 0. The van der Waals surface area contributed by atoms with E-state index in [0.29, 0.717) is 0 Å². The van der Waals surface area contributed by atoms with Gasteiger partial charge in [0, 0.05) is 0 Å². The molecule has 0 N–H and O–H groups in total. The summed E-state index contributed by atoms with van der Waals surface area (Å²) in [7, 11) is 0. The van der Waals surface area contributed by atoms with Crippen molar-refractivity contribution in [3.8, 4) is 0 Å². The molecule has 1 radical (unpaired) electrons. The summed E-state index contributed by atoms with van der Waals surface area (Å²) < 4.78 is 3.80. The van der Waals surface area contributed by atoms with Crippen LogP contribution in [-0.4, -0.2) is 6.21 Å². The van der Waals surface area contributed by atoms with Crippen molar-refractivity contribution in [3.05, 3.63) is 35.9 Å². The second-order valence-electron chi connectivity index (χ2n) is 1.58. The Balaban J connectivity index is 2.85. The van der Waals surface area contributed by atoms with Gasteiger partial charge in [0.2, 0.25) is 0 Å². The Kier molecular flexibility index (Phi) is 2.56. The number of rotatable bonds is 1. The van der Waals surface area contributed by atoms with Crippen LogP contribution < -0.4 is 0 Å². The quantitative estimate of drug-likeness (QED) is 0.541. The Hall–Kier alpha value is -0.526. The fourth-order valence-corrected chi connectivity index (χ4v) is 0.761. The Morgan fingerprint density at radius 1 is 1.44 bits per heavy atom. The Morgan fingerprint density at radius 3 is 2.67 bits per heavy atom. The molecule has 9 heavy (non-hydrogen) atoms. The average Bonchev–Trinajstić information content (AvgIpc) is 1.91.